The van der Waals surface area contributed by atoms with Crippen LogP contribution in [0.1, 0.15) is 31.2 Å². The first-order chi connectivity index (χ1) is 8.64. The van der Waals surface area contributed by atoms with Crippen LogP contribution in [0.25, 0.3) is 0 Å². The Labute approximate surface area is 114 Å². The minimum absolute atomic E-state index is 0.0489. The molecule has 1 aromatic carbocycles. The number of aliphatic imine (C=N–C) groups is 1. The van der Waals surface area contributed by atoms with Gasteiger partial charge in [-0.25, -0.2) is 4.79 Å². The van der Waals surface area contributed by atoms with Gasteiger partial charge in [-0.2, -0.15) is 4.99 Å². The first-order valence-electron chi connectivity index (χ1n) is 5.79. The molecule has 0 amide bonds. The summed E-state index contributed by atoms with van der Waals surface area (Å²) in [5, 5.41) is 10.3. The van der Waals surface area contributed by atoms with Gasteiger partial charge in [-0.1, -0.05) is 18.9 Å². The first-order valence-corrected chi connectivity index (χ1v) is 6.59. The van der Waals surface area contributed by atoms with Gasteiger partial charge in [-0.05, 0) is 34.8 Å². The number of phenols is 1. The normalized spacial score (nSPS) is 17.2. The summed E-state index contributed by atoms with van der Waals surface area (Å²) in [7, 11) is 1.49. The molecule has 1 aromatic rings. The van der Waals surface area contributed by atoms with Gasteiger partial charge in [-0.3, -0.25) is 0 Å². The van der Waals surface area contributed by atoms with E-state index in [1.165, 1.54) is 7.11 Å². The summed E-state index contributed by atoms with van der Waals surface area (Å²) in [6, 6.07) is 3.59. The molecule has 0 heterocycles. The molecule has 0 bridgehead atoms. The van der Waals surface area contributed by atoms with Crippen LogP contribution in [0.4, 0.5) is 0 Å². The maximum atomic E-state index is 10.7. The van der Waals surface area contributed by atoms with Gasteiger partial charge in [0.1, 0.15) is 5.54 Å². The van der Waals surface area contributed by atoms with E-state index in [-0.39, 0.29) is 5.75 Å². The monoisotopic (exact) mass is 311 g/mol. The molecule has 0 saturated heterocycles. The number of halogens is 1. The average molecular weight is 312 g/mol. The molecular formula is C13H14BrNO3. The van der Waals surface area contributed by atoms with Crippen LogP contribution in [0.2, 0.25) is 0 Å². The maximum absolute atomic E-state index is 10.7. The van der Waals surface area contributed by atoms with Gasteiger partial charge in [0, 0.05) is 5.56 Å². The van der Waals surface area contributed by atoms with Crippen LogP contribution >= 0.6 is 15.9 Å². The van der Waals surface area contributed by atoms with Gasteiger partial charge in [0.05, 0.1) is 11.6 Å². The third kappa shape index (κ3) is 2.04. The number of rotatable bonds is 3. The lowest BCUT2D eigenvalue weighted by Gasteiger charge is -2.24. The quantitative estimate of drug-likeness (QED) is 0.688. The van der Waals surface area contributed by atoms with Gasteiger partial charge in [0.25, 0.3) is 0 Å². The van der Waals surface area contributed by atoms with E-state index in [0.717, 1.165) is 25.7 Å². The largest absolute Gasteiger partial charge is 0.504 e. The summed E-state index contributed by atoms with van der Waals surface area (Å²) in [5.74, 6) is 0.424. The summed E-state index contributed by atoms with van der Waals surface area (Å²) in [6.45, 7) is 0. The number of aromatic hydroxyl groups is 1. The zero-order valence-corrected chi connectivity index (χ0v) is 11.7. The van der Waals surface area contributed by atoms with Crippen molar-refractivity contribution in [1.82, 2.24) is 0 Å². The predicted octanol–water partition coefficient (Wildman–Crippen LogP) is 3.27. The van der Waals surface area contributed by atoms with Crippen molar-refractivity contribution in [2.75, 3.05) is 7.11 Å². The molecule has 96 valence electrons. The Morgan fingerprint density at radius 1 is 1.44 bits per heavy atom. The Morgan fingerprint density at radius 3 is 2.67 bits per heavy atom. The van der Waals surface area contributed by atoms with Gasteiger partial charge in [0.15, 0.2) is 11.5 Å². The summed E-state index contributed by atoms with van der Waals surface area (Å²) >= 11 is 3.31. The molecule has 0 spiro atoms. The zero-order valence-electron chi connectivity index (χ0n) is 10.1. The van der Waals surface area contributed by atoms with Crippen molar-refractivity contribution >= 4 is 22.0 Å². The highest BCUT2D eigenvalue weighted by Gasteiger charge is 2.38. The highest BCUT2D eigenvalue weighted by molar-refractivity contribution is 9.10. The molecule has 0 unspecified atom stereocenters. The van der Waals surface area contributed by atoms with E-state index in [0.29, 0.717) is 15.8 Å². The Hall–Kier alpha value is -1.32. The second-order valence-corrected chi connectivity index (χ2v) is 5.27. The fourth-order valence-electron chi connectivity index (χ4n) is 2.60. The molecule has 1 saturated carbocycles. The Balaban J connectivity index is 2.59. The maximum Gasteiger partial charge on any atom is 0.235 e. The van der Waals surface area contributed by atoms with Crippen LogP contribution in [0.3, 0.4) is 0 Å². The standard InChI is InChI=1S/C13H14BrNO3/c1-18-12-10(14)5-4-9(11(12)17)13(15-8-16)6-2-3-7-13/h4-5,17H,2-3,6-7H2,1H3. The zero-order chi connectivity index (χ0) is 13.2. The number of hydrogen-bond donors (Lipinski definition) is 1. The minimum Gasteiger partial charge on any atom is -0.504 e. The number of phenolic OH excluding ortho intramolecular Hbond substituents is 1. The van der Waals surface area contributed by atoms with E-state index < -0.39 is 5.54 Å². The smallest absolute Gasteiger partial charge is 0.235 e. The molecule has 0 atom stereocenters. The number of isocyanates is 1. The number of benzene rings is 1. The van der Waals surface area contributed by atoms with E-state index >= 15 is 0 Å². The SMILES string of the molecule is COc1c(Br)ccc(C2(N=C=O)CCCC2)c1O. The van der Waals surface area contributed by atoms with Crippen molar-refractivity contribution in [2.24, 2.45) is 4.99 Å². The van der Waals surface area contributed by atoms with Crippen LogP contribution in [0.5, 0.6) is 11.5 Å². The molecule has 0 radical (unpaired) electrons. The van der Waals surface area contributed by atoms with E-state index in [2.05, 4.69) is 20.9 Å². The van der Waals surface area contributed by atoms with Crippen LogP contribution < -0.4 is 4.74 Å². The number of carbonyl (C=O) groups excluding carboxylic acids is 1. The number of methoxy groups -OCH3 is 1. The number of nitrogens with zero attached hydrogens (tertiary/aromatic N) is 1. The van der Waals surface area contributed by atoms with E-state index in [1.54, 1.807) is 18.2 Å². The minimum atomic E-state index is -0.639. The van der Waals surface area contributed by atoms with E-state index in [4.69, 9.17) is 4.74 Å². The summed E-state index contributed by atoms with van der Waals surface area (Å²) in [6.07, 6.45) is 5.12. The second-order valence-electron chi connectivity index (χ2n) is 4.42. The molecule has 0 aliphatic heterocycles. The van der Waals surface area contributed by atoms with Crippen molar-refractivity contribution in [1.29, 1.82) is 0 Å². The molecule has 1 aliphatic carbocycles. The Bertz CT molecular complexity index is 503. The van der Waals surface area contributed by atoms with Crippen LogP contribution in [0, 0.1) is 0 Å². The first kappa shape index (κ1) is 13.1. The lowest BCUT2D eigenvalue weighted by atomic mass is 9.88. The third-order valence-corrected chi connectivity index (χ3v) is 4.10. The molecule has 4 nitrogen and oxygen atoms in total. The molecule has 5 heteroatoms. The Kier molecular flexibility index (Phi) is 3.73. The van der Waals surface area contributed by atoms with Gasteiger partial charge >= 0.3 is 0 Å². The van der Waals surface area contributed by atoms with Crippen molar-refractivity contribution in [3.63, 3.8) is 0 Å². The fraction of sp³-hybridized carbons (Fsp3) is 0.462. The molecular weight excluding hydrogens is 298 g/mol. The molecule has 18 heavy (non-hydrogen) atoms. The third-order valence-electron chi connectivity index (χ3n) is 3.48. The lowest BCUT2D eigenvalue weighted by Crippen LogP contribution is -2.19. The molecule has 2 rings (SSSR count). The number of ether oxygens (including phenoxy) is 1. The van der Waals surface area contributed by atoms with Crippen molar-refractivity contribution in [2.45, 2.75) is 31.2 Å². The highest BCUT2D eigenvalue weighted by atomic mass is 79.9. The molecule has 1 fully saturated rings. The van der Waals surface area contributed by atoms with Crippen LogP contribution in [-0.2, 0) is 10.3 Å². The summed E-state index contributed by atoms with van der Waals surface area (Å²) < 4.78 is 5.84. The van der Waals surface area contributed by atoms with Crippen molar-refractivity contribution in [3.05, 3.63) is 22.2 Å². The fourth-order valence-corrected chi connectivity index (χ4v) is 3.09. The van der Waals surface area contributed by atoms with Crippen LogP contribution in [0.15, 0.2) is 21.6 Å². The molecule has 0 aromatic heterocycles. The highest BCUT2D eigenvalue weighted by Crippen LogP contribution is 2.49. The van der Waals surface area contributed by atoms with Gasteiger partial charge < -0.3 is 9.84 Å². The summed E-state index contributed by atoms with van der Waals surface area (Å²) in [4.78, 5) is 14.6. The topological polar surface area (TPSA) is 58.9 Å². The predicted molar refractivity (Wildman–Crippen MR) is 70.6 cm³/mol. The van der Waals surface area contributed by atoms with Crippen molar-refractivity contribution < 1.29 is 14.6 Å². The van der Waals surface area contributed by atoms with Gasteiger partial charge in [-0.15, -0.1) is 0 Å². The van der Waals surface area contributed by atoms with E-state index in [1.807, 2.05) is 0 Å². The number of hydrogen-bond acceptors (Lipinski definition) is 4. The summed E-state index contributed by atoms with van der Waals surface area (Å²) in [5.41, 5.74) is 0.00296. The molecule has 1 aliphatic rings. The van der Waals surface area contributed by atoms with Crippen molar-refractivity contribution in [3.8, 4) is 11.5 Å². The lowest BCUT2D eigenvalue weighted by molar-refractivity contribution is 0.353. The average Bonchev–Trinajstić information content (AvgIpc) is 2.79. The van der Waals surface area contributed by atoms with Crippen LogP contribution in [-0.4, -0.2) is 18.3 Å². The Morgan fingerprint density at radius 2 is 2.11 bits per heavy atom. The van der Waals surface area contributed by atoms with E-state index in [9.17, 15) is 9.90 Å². The second kappa shape index (κ2) is 5.12. The molecule has 1 N–H and O–H groups in total. The van der Waals surface area contributed by atoms with Gasteiger partial charge in [0.2, 0.25) is 6.08 Å².